The highest BCUT2D eigenvalue weighted by atomic mass is 16.2. The van der Waals surface area contributed by atoms with E-state index in [4.69, 9.17) is 0 Å². The molecule has 4 aliphatic rings. The number of piperidine rings is 1. The lowest BCUT2D eigenvalue weighted by atomic mass is 9.94. The number of benzene rings is 1. The molecule has 2 atom stereocenters. The molecule has 1 aromatic carbocycles. The third-order valence-corrected chi connectivity index (χ3v) is 5.45. The van der Waals surface area contributed by atoms with Crippen molar-refractivity contribution in [2.24, 2.45) is 11.0 Å². The molecule has 0 saturated carbocycles. The number of carbonyl (C=O) groups excluding carboxylic acids is 2. The van der Waals surface area contributed by atoms with Crippen LogP contribution in [0.1, 0.15) is 31.2 Å². The van der Waals surface area contributed by atoms with Gasteiger partial charge in [-0.3, -0.25) is 14.5 Å². The number of nitrogens with zero attached hydrogens (tertiary/aromatic N) is 3. The van der Waals surface area contributed by atoms with Gasteiger partial charge < -0.3 is 4.90 Å². The maximum atomic E-state index is 12.9. The fourth-order valence-electron chi connectivity index (χ4n) is 4.19. The molecule has 3 saturated heterocycles. The second-order valence-corrected chi connectivity index (χ2v) is 7.33. The molecule has 132 valence electrons. The number of nitrogens with one attached hydrogen (secondary N) is 1. The summed E-state index contributed by atoms with van der Waals surface area (Å²) < 4.78 is 0. The first-order valence-corrected chi connectivity index (χ1v) is 9.11. The summed E-state index contributed by atoms with van der Waals surface area (Å²) in [5.41, 5.74) is 4.27. The van der Waals surface area contributed by atoms with Crippen LogP contribution in [0.3, 0.4) is 0 Å². The van der Waals surface area contributed by atoms with E-state index in [1.165, 1.54) is 12.0 Å². The molecule has 0 unspecified atom stereocenters. The first-order chi connectivity index (χ1) is 12.2. The number of rotatable bonds is 3. The predicted molar refractivity (Wildman–Crippen MR) is 94.8 cm³/mol. The molecule has 0 spiro atoms. The number of hydrogen-bond acceptors (Lipinski definition) is 4. The van der Waals surface area contributed by atoms with Gasteiger partial charge in [0, 0.05) is 45.1 Å². The topological polar surface area (TPSA) is 65.0 Å². The molecule has 5 rings (SSSR count). The number of hydrazone groups is 1. The zero-order chi connectivity index (χ0) is 17.2. The second kappa shape index (κ2) is 6.96. The summed E-state index contributed by atoms with van der Waals surface area (Å²) in [4.78, 5) is 28.6. The zero-order valence-corrected chi connectivity index (χ0v) is 14.4. The van der Waals surface area contributed by atoms with Crippen LogP contribution in [-0.2, 0) is 16.1 Å². The molecule has 2 amide bonds. The van der Waals surface area contributed by atoms with Crippen molar-refractivity contribution in [1.29, 1.82) is 0 Å². The molecule has 0 aliphatic carbocycles. The fraction of sp³-hybridized carbons (Fsp3) is 0.526. The van der Waals surface area contributed by atoms with Crippen LogP contribution in [-0.4, -0.2) is 53.0 Å². The summed E-state index contributed by atoms with van der Waals surface area (Å²) in [7, 11) is 0. The maximum absolute atomic E-state index is 12.9. The third kappa shape index (κ3) is 3.58. The van der Waals surface area contributed by atoms with Crippen LogP contribution in [0, 0.1) is 5.92 Å². The Kier molecular flexibility index (Phi) is 4.53. The second-order valence-electron chi connectivity index (χ2n) is 7.33. The van der Waals surface area contributed by atoms with Crippen LogP contribution in [0.2, 0.25) is 0 Å². The quantitative estimate of drug-likeness (QED) is 0.904. The molecule has 6 heteroatoms. The van der Waals surface area contributed by atoms with Crippen molar-refractivity contribution in [1.82, 2.24) is 15.2 Å². The molecule has 4 heterocycles. The Morgan fingerprint density at radius 3 is 2.72 bits per heavy atom. The number of amides is 2. The van der Waals surface area contributed by atoms with Gasteiger partial charge in [0.05, 0.1) is 0 Å². The Labute approximate surface area is 147 Å². The van der Waals surface area contributed by atoms with Gasteiger partial charge >= 0.3 is 0 Å². The Morgan fingerprint density at radius 2 is 1.96 bits per heavy atom. The SMILES string of the molecule is O=C1CCC(C(=O)N2C[C@H]3CC[C@@H]2CN(Cc2ccccc2)C3)=NN1. The predicted octanol–water partition coefficient (Wildman–Crippen LogP) is 1.38. The van der Waals surface area contributed by atoms with E-state index in [1.54, 1.807) is 0 Å². The van der Waals surface area contributed by atoms with Gasteiger partial charge in [0.25, 0.3) is 5.91 Å². The normalized spacial score (nSPS) is 26.8. The van der Waals surface area contributed by atoms with Crippen LogP contribution in [0.5, 0.6) is 0 Å². The van der Waals surface area contributed by atoms with Gasteiger partial charge in [-0.25, -0.2) is 5.43 Å². The summed E-state index contributed by atoms with van der Waals surface area (Å²) in [5.74, 6) is 0.421. The van der Waals surface area contributed by atoms with Crippen molar-refractivity contribution in [3.63, 3.8) is 0 Å². The van der Waals surface area contributed by atoms with E-state index in [9.17, 15) is 9.59 Å². The van der Waals surface area contributed by atoms with Crippen molar-refractivity contribution in [2.75, 3.05) is 19.6 Å². The number of carbonyl (C=O) groups is 2. The minimum absolute atomic E-state index is 0.0104. The molecule has 6 nitrogen and oxygen atoms in total. The maximum Gasteiger partial charge on any atom is 0.270 e. The van der Waals surface area contributed by atoms with E-state index in [0.29, 0.717) is 24.5 Å². The summed E-state index contributed by atoms with van der Waals surface area (Å²) in [6, 6.07) is 10.8. The van der Waals surface area contributed by atoms with E-state index in [-0.39, 0.29) is 17.9 Å². The van der Waals surface area contributed by atoms with Crippen molar-refractivity contribution >= 4 is 17.5 Å². The molecule has 4 aliphatic heterocycles. The first kappa shape index (κ1) is 16.3. The molecule has 2 bridgehead atoms. The smallest absolute Gasteiger partial charge is 0.270 e. The van der Waals surface area contributed by atoms with Crippen LogP contribution in [0.25, 0.3) is 0 Å². The van der Waals surface area contributed by atoms with Gasteiger partial charge in [0.2, 0.25) is 5.91 Å². The first-order valence-electron chi connectivity index (χ1n) is 9.11. The number of fused-ring (bicyclic) bond motifs is 4. The van der Waals surface area contributed by atoms with Crippen LogP contribution in [0.15, 0.2) is 35.4 Å². The molecule has 25 heavy (non-hydrogen) atoms. The monoisotopic (exact) mass is 340 g/mol. The highest BCUT2D eigenvalue weighted by molar-refractivity contribution is 6.39. The minimum atomic E-state index is -0.108. The molecular weight excluding hydrogens is 316 g/mol. The molecule has 3 fully saturated rings. The van der Waals surface area contributed by atoms with Crippen molar-refractivity contribution in [3.8, 4) is 0 Å². The molecular formula is C19H24N4O2. The highest BCUT2D eigenvalue weighted by Gasteiger charge is 2.38. The van der Waals surface area contributed by atoms with Crippen LogP contribution >= 0.6 is 0 Å². The number of hydrogen-bond donors (Lipinski definition) is 1. The van der Waals surface area contributed by atoms with E-state index >= 15 is 0 Å². The Morgan fingerprint density at radius 1 is 1.12 bits per heavy atom. The van der Waals surface area contributed by atoms with Crippen molar-refractivity contribution in [2.45, 2.75) is 38.3 Å². The Balaban J connectivity index is 1.46. The summed E-state index contributed by atoms with van der Waals surface area (Å²) in [6.45, 7) is 3.70. The highest BCUT2D eigenvalue weighted by Crippen LogP contribution is 2.29. The fourth-order valence-corrected chi connectivity index (χ4v) is 4.19. The van der Waals surface area contributed by atoms with E-state index in [0.717, 1.165) is 32.6 Å². The molecule has 1 N–H and O–H groups in total. The summed E-state index contributed by atoms with van der Waals surface area (Å²) >= 11 is 0. The lowest BCUT2D eigenvalue weighted by Gasteiger charge is -2.36. The van der Waals surface area contributed by atoms with Gasteiger partial charge in [-0.1, -0.05) is 30.3 Å². The average Bonchev–Trinajstić information content (AvgIpc) is 2.93. The standard InChI is InChI=1S/C19H24N4O2/c24-18-9-8-17(20-21-18)19(25)23-12-15-6-7-16(23)13-22(11-15)10-14-4-2-1-3-5-14/h1-5,15-16H,6-13H2,(H,21,24)/t15-,16+/m0/s1. The minimum Gasteiger partial charge on any atom is -0.333 e. The third-order valence-electron chi connectivity index (χ3n) is 5.45. The molecule has 0 radical (unpaired) electrons. The molecule has 0 aromatic heterocycles. The van der Waals surface area contributed by atoms with Crippen LogP contribution in [0.4, 0.5) is 0 Å². The Bertz CT molecular complexity index is 688. The summed E-state index contributed by atoms with van der Waals surface area (Å²) in [5, 5.41) is 4.00. The van der Waals surface area contributed by atoms with Gasteiger partial charge in [-0.2, -0.15) is 5.10 Å². The Hall–Kier alpha value is -2.21. The van der Waals surface area contributed by atoms with E-state index in [1.807, 2.05) is 11.0 Å². The van der Waals surface area contributed by atoms with Gasteiger partial charge in [-0.05, 0) is 24.3 Å². The van der Waals surface area contributed by atoms with E-state index in [2.05, 4.69) is 39.7 Å². The van der Waals surface area contributed by atoms with Crippen LogP contribution < -0.4 is 5.43 Å². The average molecular weight is 340 g/mol. The lowest BCUT2D eigenvalue weighted by molar-refractivity contribution is -0.128. The largest absolute Gasteiger partial charge is 0.333 e. The van der Waals surface area contributed by atoms with Gasteiger partial charge in [0.15, 0.2) is 0 Å². The van der Waals surface area contributed by atoms with Gasteiger partial charge in [-0.15, -0.1) is 0 Å². The van der Waals surface area contributed by atoms with Crippen molar-refractivity contribution < 1.29 is 9.59 Å². The molecule has 1 aromatic rings. The summed E-state index contributed by atoms with van der Waals surface area (Å²) in [6.07, 6.45) is 3.04. The zero-order valence-electron chi connectivity index (χ0n) is 14.4. The lowest BCUT2D eigenvalue weighted by Crippen LogP contribution is -2.50. The van der Waals surface area contributed by atoms with Gasteiger partial charge in [0.1, 0.15) is 5.71 Å². The van der Waals surface area contributed by atoms with Crippen molar-refractivity contribution in [3.05, 3.63) is 35.9 Å². The van der Waals surface area contributed by atoms with E-state index < -0.39 is 0 Å².